The molecule has 0 fully saturated rings. The molecule has 0 N–H and O–H groups in total. The summed E-state index contributed by atoms with van der Waals surface area (Å²) in [6, 6.07) is 39.8. The Hall–Kier alpha value is -4.96. The Labute approximate surface area is 270 Å². The maximum Gasteiger partial charge on any atom is 0.260 e. The highest BCUT2D eigenvalue weighted by Crippen LogP contribution is 2.41. The average Bonchev–Trinajstić information content (AvgIpc) is 3.35. The number of hydrogen-bond acceptors (Lipinski definition) is 2. The molecule has 1 aromatic heterocycles. The molecular weight excluding hydrogens is 561 g/mol. The maximum atomic E-state index is 6.84. The molecule has 0 saturated heterocycles. The Bertz CT molecular complexity index is 2310. The van der Waals surface area contributed by atoms with Crippen molar-refractivity contribution in [1.29, 1.82) is 0 Å². The molecule has 0 radical (unpaired) electrons. The quantitative estimate of drug-likeness (QED) is 0.176. The standard InChI is InChI=1S/C42H36BNO2/c1-41(2,3)27-15-17-36-32(21-27)43-33-22-28(42(4,5)6)16-18-37(33)46-39-24-29(23-38(45-36)40(39)43)44-34-14-10-9-13-30(34)31-19-25-11-7-8-12-26(25)20-35(31)44/h7-24H,1-6H3. The van der Waals surface area contributed by atoms with E-state index in [0.29, 0.717) is 0 Å². The van der Waals surface area contributed by atoms with Gasteiger partial charge in [-0.1, -0.05) is 108 Å². The van der Waals surface area contributed by atoms with Crippen LogP contribution in [-0.2, 0) is 10.8 Å². The minimum atomic E-state index is 0.0123. The van der Waals surface area contributed by atoms with E-state index < -0.39 is 0 Å². The lowest BCUT2D eigenvalue weighted by Crippen LogP contribution is -2.57. The van der Waals surface area contributed by atoms with Gasteiger partial charge in [0.15, 0.2) is 0 Å². The molecule has 0 bridgehead atoms. The fourth-order valence-corrected chi connectivity index (χ4v) is 7.49. The van der Waals surface area contributed by atoms with Gasteiger partial charge in [0.2, 0.25) is 0 Å². The van der Waals surface area contributed by atoms with Gasteiger partial charge < -0.3 is 14.0 Å². The van der Waals surface area contributed by atoms with Gasteiger partial charge in [-0.3, -0.25) is 0 Å². The van der Waals surface area contributed by atoms with Crippen LogP contribution < -0.4 is 25.9 Å². The fourth-order valence-electron chi connectivity index (χ4n) is 7.49. The van der Waals surface area contributed by atoms with Gasteiger partial charge in [-0.15, -0.1) is 0 Å². The van der Waals surface area contributed by atoms with Crippen LogP contribution in [0.25, 0.3) is 38.3 Å². The smallest absolute Gasteiger partial charge is 0.260 e. The van der Waals surface area contributed by atoms with Crippen LogP contribution in [0.15, 0.2) is 109 Å². The van der Waals surface area contributed by atoms with Crippen molar-refractivity contribution in [3.05, 3.63) is 120 Å². The molecule has 0 saturated carbocycles. The predicted octanol–water partition coefficient (Wildman–Crippen LogP) is 9.26. The SMILES string of the molecule is CC(C)(C)c1ccc2c(c1)B1c3cc(C(C)(C)C)ccc3Oc3cc(-n4c5ccccc5c5cc6ccccc6cc54)cc(c31)O2. The first kappa shape index (κ1) is 27.4. The van der Waals surface area contributed by atoms with Gasteiger partial charge in [-0.05, 0) is 74.0 Å². The zero-order valence-electron chi connectivity index (χ0n) is 27.2. The molecule has 2 aliphatic heterocycles. The van der Waals surface area contributed by atoms with Gasteiger partial charge in [0.25, 0.3) is 6.71 Å². The number of para-hydroxylation sites is 1. The van der Waals surface area contributed by atoms with E-state index in [-0.39, 0.29) is 17.5 Å². The third kappa shape index (κ3) is 3.99. The lowest BCUT2D eigenvalue weighted by atomic mass is 9.34. The second-order valence-corrected chi connectivity index (χ2v) is 15.1. The second kappa shape index (κ2) is 9.29. The zero-order chi connectivity index (χ0) is 31.5. The van der Waals surface area contributed by atoms with E-state index in [1.807, 2.05) is 0 Å². The average molecular weight is 598 g/mol. The molecule has 46 heavy (non-hydrogen) atoms. The van der Waals surface area contributed by atoms with Gasteiger partial charge in [0, 0.05) is 28.4 Å². The van der Waals surface area contributed by atoms with Gasteiger partial charge in [-0.2, -0.15) is 0 Å². The van der Waals surface area contributed by atoms with Crippen molar-refractivity contribution in [3.63, 3.8) is 0 Å². The number of benzene rings is 6. The predicted molar refractivity (Wildman–Crippen MR) is 193 cm³/mol. The first-order valence-electron chi connectivity index (χ1n) is 16.3. The first-order valence-corrected chi connectivity index (χ1v) is 16.3. The first-order chi connectivity index (χ1) is 22.0. The number of fused-ring (bicyclic) bond motifs is 8. The molecule has 3 heterocycles. The summed E-state index contributed by atoms with van der Waals surface area (Å²) >= 11 is 0. The lowest BCUT2D eigenvalue weighted by molar-refractivity contribution is 0.463. The molecule has 2 aliphatic rings. The number of hydrogen-bond donors (Lipinski definition) is 0. The molecule has 0 atom stereocenters. The minimum Gasteiger partial charge on any atom is -0.458 e. The van der Waals surface area contributed by atoms with Gasteiger partial charge >= 0.3 is 0 Å². The molecule has 4 heteroatoms. The summed E-state index contributed by atoms with van der Waals surface area (Å²) < 4.78 is 16.1. The van der Waals surface area contributed by atoms with E-state index in [2.05, 4.69) is 155 Å². The van der Waals surface area contributed by atoms with Crippen molar-refractivity contribution in [2.24, 2.45) is 0 Å². The summed E-state index contributed by atoms with van der Waals surface area (Å²) in [6.07, 6.45) is 0. The molecule has 6 aromatic carbocycles. The zero-order valence-corrected chi connectivity index (χ0v) is 27.2. The van der Waals surface area contributed by atoms with Crippen molar-refractivity contribution in [1.82, 2.24) is 4.57 Å². The molecule has 224 valence electrons. The molecule has 0 unspecified atom stereocenters. The third-order valence-corrected chi connectivity index (χ3v) is 9.99. The Morgan fingerprint density at radius 1 is 0.500 bits per heavy atom. The molecule has 9 rings (SSSR count). The monoisotopic (exact) mass is 597 g/mol. The molecule has 0 aliphatic carbocycles. The van der Waals surface area contributed by atoms with Crippen LogP contribution in [0.3, 0.4) is 0 Å². The number of rotatable bonds is 1. The summed E-state index contributed by atoms with van der Waals surface area (Å²) in [6.45, 7) is 13.6. The van der Waals surface area contributed by atoms with Crippen LogP contribution in [0.4, 0.5) is 0 Å². The van der Waals surface area contributed by atoms with Crippen molar-refractivity contribution < 1.29 is 9.47 Å². The molecule has 0 spiro atoms. The fraction of sp³-hybridized carbons (Fsp3) is 0.190. The Morgan fingerprint density at radius 2 is 1.04 bits per heavy atom. The van der Waals surface area contributed by atoms with Crippen LogP contribution in [0, 0.1) is 0 Å². The van der Waals surface area contributed by atoms with E-state index in [4.69, 9.17) is 9.47 Å². The number of nitrogens with zero attached hydrogens (tertiary/aromatic N) is 1. The van der Waals surface area contributed by atoms with E-state index in [1.54, 1.807) is 0 Å². The van der Waals surface area contributed by atoms with Crippen molar-refractivity contribution in [2.75, 3.05) is 0 Å². The van der Waals surface area contributed by atoms with Gasteiger partial charge in [0.05, 0.1) is 16.7 Å². The van der Waals surface area contributed by atoms with Crippen molar-refractivity contribution >= 4 is 55.7 Å². The second-order valence-electron chi connectivity index (χ2n) is 15.1. The molecule has 7 aromatic rings. The van der Waals surface area contributed by atoms with Gasteiger partial charge in [0.1, 0.15) is 23.0 Å². The van der Waals surface area contributed by atoms with E-state index >= 15 is 0 Å². The highest BCUT2D eigenvalue weighted by molar-refractivity contribution is 6.98. The van der Waals surface area contributed by atoms with Crippen molar-refractivity contribution in [3.8, 4) is 28.7 Å². The van der Waals surface area contributed by atoms with Crippen molar-refractivity contribution in [2.45, 2.75) is 52.4 Å². The third-order valence-electron chi connectivity index (χ3n) is 9.99. The highest BCUT2D eigenvalue weighted by atomic mass is 16.5. The van der Waals surface area contributed by atoms with Crippen LogP contribution in [0.1, 0.15) is 52.7 Å². The van der Waals surface area contributed by atoms with Crippen LogP contribution in [0.2, 0.25) is 0 Å². The molecule has 3 nitrogen and oxygen atoms in total. The largest absolute Gasteiger partial charge is 0.458 e. The molecular formula is C42H36BNO2. The van der Waals surface area contributed by atoms with E-state index in [0.717, 1.165) is 39.7 Å². The Morgan fingerprint density at radius 3 is 1.63 bits per heavy atom. The van der Waals surface area contributed by atoms with E-state index in [1.165, 1.54) is 49.1 Å². The summed E-state index contributed by atoms with van der Waals surface area (Å²) in [4.78, 5) is 0. The lowest BCUT2D eigenvalue weighted by Gasteiger charge is -2.35. The number of ether oxygens (including phenoxy) is 2. The summed E-state index contributed by atoms with van der Waals surface area (Å²) in [7, 11) is 0. The highest BCUT2D eigenvalue weighted by Gasteiger charge is 2.41. The van der Waals surface area contributed by atoms with Crippen LogP contribution in [-0.4, -0.2) is 11.3 Å². The molecule has 0 amide bonds. The van der Waals surface area contributed by atoms with E-state index in [9.17, 15) is 0 Å². The number of aromatic nitrogens is 1. The normalized spacial score (nSPS) is 13.7. The Kier molecular flexibility index (Phi) is 5.53. The summed E-state index contributed by atoms with van der Waals surface area (Å²) in [5.74, 6) is 3.53. The van der Waals surface area contributed by atoms with Gasteiger partial charge in [-0.25, -0.2) is 0 Å². The summed E-state index contributed by atoms with van der Waals surface area (Å²) in [5, 5.41) is 4.93. The summed E-state index contributed by atoms with van der Waals surface area (Å²) in [5.41, 5.74) is 9.50. The maximum absolute atomic E-state index is 6.84. The Balaban J connectivity index is 1.32. The minimum absolute atomic E-state index is 0.0123. The van der Waals surface area contributed by atoms with Crippen LogP contribution >= 0.6 is 0 Å². The van der Waals surface area contributed by atoms with Crippen LogP contribution in [0.5, 0.6) is 23.0 Å². The topological polar surface area (TPSA) is 23.4 Å².